The third kappa shape index (κ3) is 4.33. The average molecular weight is 266 g/mol. The molecule has 0 saturated carbocycles. The number of nitrogens with one attached hydrogen (secondary N) is 2. The van der Waals surface area contributed by atoms with Crippen LogP contribution < -0.4 is 10.6 Å². The van der Waals surface area contributed by atoms with Gasteiger partial charge in [0.25, 0.3) is 0 Å². The predicted octanol–water partition coefficient (Wildman–Crippen LogP) is 0.856. The van der Waals surface area contributed by atoms with Gasteiger partial charge < -0.3 is 15.4 Å². The molecule has 106 valence electrons. The number of ether oxygens (including phenoxy) is 1. The van der Waals surface area contributed by atoms with Crippen molar-refractivity contribution in [3.05, 3.63) is 12.3 Å². The van der Waals surface area contributed by atoms with Crippen molar-refractivity contribution in [2.75, 3.05) is 25.1 Å². The lowest BCUT2D eigenvalue weighted by Gasteiger charge is -2.22. The summed E-state index contributed by atoms with van der Waals surface area (Å²) in [5.74, 6) is 1.15. The lowest BCUT2D eigenvalue weighted by molar-refractivity contribution is -0.120. The quantitative estimate of drug-likeness (QED) is 0.829. The first-order chi connectivity index (χ1) is 9.15. The van der Waals surface area contributed by atoms with Gasteiger partial charge in [0.1, 0.15) is 6.04 Å². The molecule has 1 aromatic rings. The van der Waals surface area contributed by atoms with Crippen LogP contribution in [0.3, 0.4) is 0 Å². The highest BCUT2D eigenvalue weighted by molar-refractivity contribution is 5.94. The van der Waals surface area contributed by atoms with Crippen molar-refractivity contribution < 1.29 is 9.53 Å². The van der Waals surface area contributed by atoms with E-state index in [0.717, 1.165) is 13.0 Å². The molecule has 0 radical (unpaired) electrons. The molecule has 2 heterocycles. The van der Waals surface area contributed by atoms with E-state index in [2.05, 4.69) is 29.6 Å². The van der Waals surface area contributed by atoms with Crippen molar-refractivity contribution in [1.29, 1.82) is 0 Å². The summed E-state index contributed by atoms with van der Waals surface area (Å²) in [5, 5.41) is 10.3. The van der Waals surface area contributed by atoms with Crippen molar-refractivity contribution in [2.45, 2.75) is 32.9 Å². The Kier molecular flexibility index (Phi) is 4.93. The van der Waals surface area contributed by atoms with E-state index in [9.17, 15) is 4.79 Å². The summed E-state index contributed by atoms with van der Waals surface area (Å²) in [7, 11) is 0. The number of amides is 1. The van der Waals surface area contributed by atoms with E-state index in [1.165, 1.54) is 0 Å². The van der Waals surface area contributed by atoms with E-state index in [-0.39, 0.29) is 11.9 Å². The van der Waals surface area contributed by atoms with Gasteiger partial charge in [0.15, 0.2) is 5.82 Å². The Bertz CT molecular complexity index is 411. The van der Waals surface area contributed by atoms with Crippen LogP contribution in [0.4, 0.5) is 5.82 Å². The molecule has 19 heavy (non-hydrogen) atoms. The summed E-state index contributed by atoms with van der Waals surface area (Å²) in [6, 6.07) is 1.54. The molecule has 6 heteroatoms. The zero-order valence-electron chi connectivity index (χ0n) is 11.6. The van der Waals surface area contributed by atoms with Gasteiger partial charge in [-0.05, 0) is 12.3 Å². The number of nitrogens with zero attached hydrogens (tertiary/aromatic N) is 2. The van der Waals surface area contributed by atoms with Crippen LogP contribution in [0.2, 0.25) is 0 Å². The van der Waals surface area contributed by atoms with Crippen LogP contribution in [0.5, 0.6) is 0 Å². The number of morpholine rings is 1. The first-order valence-electron chi connectivity index (χ1n) is 6.80. The predicted molar refractivity (Wildman–Crippen MR) is 72.9 cm³/mol. The summed E-state index contributed by atoms with van der Waals surface area (Å²) in [6.07, 6.45) is 2.97. The number of aromatic nitrogens is 2. The van der Waals surface area contributed by atoms with E-state index in [0.29, 0.717) is 31.5 Å². The highest BCUT2D eigenvalue weighted by atomic mass is 16.5. The zero-order chi connectivity index (χ0) is 13.7. The molecule has 0 spiro atoms. The van der Waals surface area contributed by atoms with Crippen molar-refractivity contribution in [1.82, 2.24) is 15.1 Å². The van der Waals surface area contributed by atoms with Crippen LogP contribution in [-0.2, 0) is 16.1 Å². The summed E-state index contributed by atoms with van der Waals surface area (Å²) in [4.78, 5) is 11.9. The van der Waals surface area contributed by atoms with Gasteiger partial charge in [-0.2, -0.15) is 5.10 Å². The molecule has 1 aliphatic heterocycles. The fourth-order valence-electron chi connectivity index (χ4n) is 1.89. The number of anilines is 1. The normalized spacial score (nSPS) is 19.6. The van der Waals surface area contributed by atoms with Gasteiger partial charge in [0, 0.05) is 25.4 Å². The van der Waals surface area contributed by atoms with E-state index >= 15 is 0 Å². The third-order valence-electron chi connectivity index (χ3n) is 3.07. The molecule has 2 N–H and O–H groups in total. The number of hydrogen-bond acceptors (Lipinski definition) is 4. The Balaban J connectivity index is 1.83. The van der Waals surface area contributed by atoms with Gasteiger partial charge in [-0.25, -0.2) is 0 Å². The fourth-order valence-corrected chi connectivity index (χ4v) is 1.89. The first-order valence-corrected chi connectivity index (χ1v) is 6.80. The van der Waals surface area contributed by atoms with E-state index < -0.39 is 0 Å². The van der Waals surface area contributed by atoms with E-state index in [4.69, 9.17) is 4.74 Å². The summed E-state index contributed by atoms with van der Waals surface area (Å²) < 4.78 is 7.12. The van der Waals surface area contributed by atoms with Gasteiger partial charge in [-0.3, -0.25) is 9.48 Å². The number of carbonyl (C=O) groups is 1. The minimum Gasteiger partial charge on any atom is -0.378 e. The molecule has 2 rings (SSSR count). The monoisotopic (exact) mass is 266 g/mol. The minimum absolute atomic E-state index is 0.0891. The second kappa shape index (κ2) is 6.68. The topological polar surface area (TPSA) is 68.2 Å². The lowest BCUT2D eigenvalue weighted by Crippen LogP contribution is -2.48. The van der Waals surface area contributed by atoms with Crippen molar-refractivity contribution in [2.24, 2.45) is 5.92 Å². The van der Waals surface area contributed by atoms with Crippen molar-refractivity contribution in [3.8, 4) is 0 Å². The Morgan fingerprint density at radius 2 is 2.53 bits per heavy atom. The molecular weight excluding hydrogens is 244 g/mol. The average Bonchev–Trinajstić information content (AvgIpc) is 2.85. The van der Waals surface area contributed by atoms with Gasteiger partial charge in [-0.1, -0.05) is 13.8 Å². The molecule has 0 unspecified atom stereocenters. The summed E-state index contributed by atoms with van der Waals surface area (Å²) in [5.41, 5.74) is 0. The van der Waals surface area contributed by atoms with Gasteiger partial charge >= 0.3 is 0 Å². The van der Waals surface area contributed by atoms with Crippen LogP contribution >= 0.6 is 0 Å². The Hall–Kier alpha value is -1.40. The summed E-state index contributed by atoms with van der Waals surface area (Å²) >= 11 is 0. The van der Waals surface area contributed by atoms with Gasteiger partial charge in [-0.15, -0.1) is 0 Å². The third-order valence-corrected chi connectivity index (χ3v) is 3.07. The Labute approximate surface area is 113 Å². The smallest absolute Gasteiger partial charge is 0.245 e. The Morgan fingerprint density at radius 3 is 3.21 bits per heavy atom. The summed E-state index contributed by atoms with van der Waals surface area (Å²) in [6.45, 7) is 7.02. The second-order valence-electron chi connectivity index (χ2n) is 5.22. The molecule has 1 aromatic heterocycles. The van der Waals surface area contributed by atoms with Gasteiger partial charge in [0.2, 0.25) is 5.91 Å². The van der Waals surface area contributed by atoms with Crippen LogP contribution in [-0.4, -0.2) is 41.5 Å². The number of carbonyl (C=O) groups excluding carboxylic acids is 1. The first kappa shape index (κ1) is 14.0. The SMILES string of the molecule is CC(C)CCn1ccc(NC(=O)[C@@H]2COCCN2)n1. The second-order valence-corrected chi connectivity index (χ2v) is 5.22. The molecular formula is C13H22N4O2. The standard InChI is InChI=1S/C13H22N4O2/c1-10(2)3-6-17-7-4-12(16-17)15-13(18)11-9-19-8-5-14-11/h4,7,10-11,14H,3,5-6,8-9H2,1-2H3,(H,15,16,18)/t11-/m0/s1. The molecule has 1 atom stereocenters. The molecule has 0 bridgehead atoms. The van der Waals surface area contributed by atoms with Crippen LogP contribution in [0.25, 0.3) is 0 Å². The largest absolute Gasteiger partial charge is 0.378 e. The van der Waals surface area contributed by atoms with Crippen LogP contribution in [0.1, 0.15) is 20.3 Å². The molecule has 1 fully saturated rings. The lowest BCUT2D eigenvalue weighted by atomic mass is 10.1. The fraction of sp³-hybridized carbons (Fsp3) is 0.692. The molecule has 6 nitrogen and oxygen atoms in total. The van der Waals surface area contributed by atoms with Crippen LogP contribution in [0.15, 0.2) is 12.3 Å². The maximum absolute atomic E-state index is 11.9. The number of aryl methyl sites for hydroxylation is 1. The van der Waals surface area contributed by atoms with E-state index in [1.807, 2.05) is 16.9 Å². The van der Waals surface area contributed by atoms with Crippen molar-refractivity contribution >= 4 is 11.7 Å². The highest BCUT2D eigenvalue weighted by Gasteiger charge is 2.21. The number of rotatable bonds is 5. The van der Waals surface area contributed by atoms with Crippen LogP contribution in [0, 0.1) is 5.92 Å². The molecule has 0 aliphatic carbocycles. The maximum atomic E-state index is 11.9. The van der Waals surface area contributed by atoms with E-state index in [1.54, 1.807) is 0 Å². The molecule has 1 amide bonds. The maximum Gasteiger partial charge on any atom is 0.245 e. The van der Waals surface area contributed by atoms with Gasteiger partial charge in [0.05, 0.1) is 13.2 Å². The molecule has 0 aromatic carbocycles. The zero-order valence-corrected chi connectivity index (χ0v) is 11.6. The van der Waals surface area contributed by atoms with Crippen molar-refractivity contribution in [3.63, 3.8) is 0 Å². The Morgan fingerprint density at radius 1 is 1.68 bits per heavy atom. The highest BCUT2D eigenvalue weighted by Crippen LogP contribution is 2.07. The minimum atomic E-state index is -0.283. The number of hydrogen-bond donors (Lipinski definition) is 2. The molecule has 1 saturated heterocycles. The molecule has 1 aliphatic rings.